The van der Waals surface area contributed by atoms with Gasteiger partial charge in [0.2, 0.25) is 0 Å². The molecule has 0 amide bonds. The van der Waals surface area contributed by atoms with Gasteiger partial charge in [0.25, 0.3) is 0 Å². The summed E-state index contributed by atoms with van der Waals surface area (Å²) in [6, 6.07) is 0. The lowest BCUT2D eigenvalue weighted by Gasteiger charge is -2.51. The van der Waals surface area contributed by atoms with Crippen LogP contribution < -0.4 is 0 Å². The Morgan fingerprint density at radius 3 is 2.31 bits per heavy atom. The Morgan fingerprint density at radius 2 is 1.47 bits per heavy atom. The molecule has 0 aromatic heterocycles. The molecular formula is C45H66O10. The molecule has 0 aliphatic carbocycles. The molecule has 10 nitrogen and oxygen atoms in total. The molecule has 10 heteroatoms. The van der Waals surface area contributed by atoms with Crippen molar-refractivity contribution < 1.29 is 47.4 Å². The third-order valence-electron chi connectivity index (χ3n) is 15.1. The zero-order valence-electron chi connectivity index (χ0n) is 33.8. The van der Waals surface area contributed by atoms with Crippen molar-refractivity contribution >= 4 is 5.97 Å². The Hall–Kier alpha value is -1.63. The van der Waals surface area contributed by atoms with E-state index in [1.165, 1.54) is 5.57 Å². The van der Waals surface area contributed by atoms with Crippen LogP contribution in [0, 0.1) is 23.7 Å². The number of allylic oxidation sites excluding steroid dienone is 1. The summed E-state index contributed by atoms with van der Waals surface area (Å²) in [5, 5.41) is 0. The van der Waals surface area contributed by atoms with E-state index >= 15 is 0 Å². The number of ether oxygens (including phenoxy) is 9. The minimum atomic E-state index is -0.685. The average Bonchev–Trinajstić information content (AvgIpc) is 3.73. The smallest absolute Gasteiger partial charge is 0.330 e. The van der Waals surface area contributed by atoms with E-state index in [9.17, 15) is 4.79 Å². The van der Waals surface area contributed by atoms with Crippen molar-refractivity contribution in [2.75, 3.05) is 0 Å². The number of esters is 1. The summed E-state index contributed by atoms with van der Waals surface area (Å²) in [7, 11) is 0. The van der Waals surface area contributed by atoms with E-state index < -0.39 is 11.9 Å². The van der Waals surface area contributed by atoms with Gasteiger partial charge < -0.3 is 42.6 Å². The Balaban J connectivity index is 0.966. The largest absolute Gasteiger partial charge is 0.456 e. The molecule has 1 spiro atoms. The van der Waals surface area contributed by atoms with Crippen LogP contribution in [0.2, 0.25) is 0 Å². The van der Waals surface area contributed by atoms with Gasteiger partial charge in [0, 0.05) is 37.2 Å². The lowest BCUT2D eigenvalue weighted by Crippen LogP contribution is -2.60. The zero-order valence-corrected chi connectivity index (χ0v) is 33.8. The maximum absolute atomic E-state index is 13.7. The van der Waals surface area contributed by atoms with Crippen molar-refractivity contribution in [2.24, 2.45) is 23.7 Å². The molecule has 9 saturated heterocycles. The number of fused-ring (bicyclic) bond motifs is 7. The highest BCUT2D eigenvalue weighted by atomic mass is 16.8. The molecule has 0 radical (unpaired) electrons. The van der Waals surface area contributed by atoms with Crippen molar-refractivity contribution in [3.63, 3.8) is 0 Å². The van der Waals surface area contributed by atoms with Crippen LogP contribution in [-0.2, 0) is 47.4 Å². The molecule has 55 heavy (non-hydrogen) atoms. The zero-order chi connectivity index (χ0) is 38.2. The molecular weight excluding hydrogens is 700 g/mol. The second-order valence-electron chi connectivity index (χ2n) is 18.9. The minimum Gasteiger partial charge on any atom is -0.456 e. The molecule has 20 unspecified atom stereocenters. The predicted octanol–water partition coefficient (Wildman–Crippen LogP) is 7.31. The fourth-order valence-electron chi connectivity index (χ4n) is 11.9. The van der Waals surface area contributed by atoms with Gasteiger partial charge in [-0.2, -0.15) is 0 Å². The molecule has 11 bridgehead atoms. The topological polar surface area (TPSA) is 100 Å². The minimum absolute atomic E-state index is 0.00787. The Kier molecular flexibility index (Phi) is 11.0. The van der Waals surface area contributed by atoms with Crippen LogP contribution in [0.3, 0.4) is 0 Å². The summed E-state index contributed by atoms with van der Waals surface area (Å²) in [4.78, 5) is 13.7. The lowest BCUT2D eigenvalue weighted by molar-refractivity contribution is -0.263. The van der Waals surface area contributed by atoms with Gasteiger partial charge in [0.05, 0.1) is 67.1 Å². The molecule has 10 aliphatic heterocycles. The van der Waals surface area contributed by atoms with Crippen LogP contribution in [0.4, 0.5) is 0 Å². The molecule has 20 atom stereocenters. The van der Waals surface area contributed by atoms with Gasteiger partial charge in [-0.1, -0.05) is 60.3 Å². The van der Waals surface area contributed by atoms with Crippen molar-refractivity contribution in [3.05, 3.63) is 36.5 Å². The highest BCUT2D eigenvalue weighted by Crippen LogP contribution is 2.54. The molecule has 9 fully saturated rings. The van der Waals surface area contributed by atoms with Crippen LogP contribution in [0.5, 0.6) is 0 Å². The quantitative estimate of drug-likeness (QED) is 0.210. The lowest BCUT2D eigenvalue weighted by atomic mass is 9.78. The molecule has 10 heterocycles. The van der Waals surface area contributed by atoms with Crippen molar-refractivity contribution in [1.82, 2.24) is 0 Å². The number of hydrogen-bond donors (Lipinski definition) is 0. The molecule has 0 N–H and O–H groups in total. The molecule has 306 valence electrons. The summed E-state index contributed by atoms with van der Waals surface area (Å²) in [6.07, 6.45) is 13.0. The van der Waals surface area contributed by atoms with Crippen LogP contribution in [0.1, 0.15) is 118 Å². The number of carbonyl (C=O) groups is 1. The van der Waals surface area contributed by atoms with Gasteiger partial charge >= 0.3 is 5.97 Å². The maximum atomic E-state index is 13.7. The van der Waals surface area contributed by atoms with E-state index in [0.29, 0.717) is 24.7 Å². The predicted molar refractivity (Wildman–Crippen MR) is 204 cm³/mol. The van der Waals surface area contributed by atoms with Crippen molar-refractivity contribution in [2.45, 2.75) is 215 Å². The van der Waals surface area contributed by atoms with Gasteiger partial charge in [0.15, 0.2) is 5.79 Å². The first-order valence-electron chi connectivity index (χ1n) is 22.0. The van der Waals surface area contributed by atoms with Crippen LogP contribution in [0.25, 0.3) is 0 Å². The van der Waals surface area contributed by atoms with Crippen molar-refractivity contribution in [3.8, 4) is 0 Å². The van der Waals surface area contributed by atoms with Gasteiger partial charge in [-0.3, -0.25) is 0 Å². The standard InChI is InChI=1S/C45H66O10/c1-8-11-31-25(4)20-35-39(50-31)28(7)40-36(49-35)21-34-26(5)23(2)18-29(48-34)14-15-32-24(3)19-30(47-32)16-17-45-22-37-42(55-45)44-43(52-37)41(54-45)27(6)33(51-44)12-9-10-13-38(46)53-40/h10,13,23,25,27-37,39-44H,3,5,8-9,11-12,14-22H2,1-2,4,6-7H3/b13-10+. The summed E-state index contributed by atoms with van der Waals surface area (Å²) < 4.78 is 60.8. The Labute approximate surface area is 328 Å². The van der Waals surface area contributed by atoms with E-state index in [-0.39, 0.29) is 103 Å². The molecule has 0 aromatic carbocycles. The van der Waals surface area contributed by atoms with E-state index in [2.05, 4.69) is 47.8 Å². The number of carbonyl (C=O) groups excluding carboxylic acids is 1. The van der Waals surface area contributed by atoms with Crippen LogP contribution in [0.15, 0.2) is 36.5 Å². The van der Waals surface area contributed by atoms with Gasteiger partial charge in [-0.05, 0) is 80.8 Å². The third-order valence-corrected chi connectivity index (χ3v) is 15.1. The number of hydrogen-bond acceptors (Lipinski definition) is 10. The summed E-state index contributed by atoms with van der Waals surface area (Å²) in [6.45, 7) is 20.1. The van der Waals surface area contributed by atoms with Gasteiger partial charge in [-0.15, -0.1) is 0 Å². The van der Waals surface area contributed by atoms with Crippen LogP contribution in [-0.4, -0.2) is 103 Å². The van der Waals surface area contributed by atoms with E-state index in [1.54, 1.807) is 6.08 Å². The van der Waals surface area contributed by atoms with E-state index in [0.717, 1.165) is 76.2 Å². The SMILES string of the molecule is C=C1CC2CCC34CC5OC6C(O3)C(C)C(CC/C=C/C(=O)OC3C(CC7OC(CCC1O2)CC(C)C7=C)OC1CC(C)C(CCC)OC1C3C)OC6C5O4. The van der Waals surface area contributed by atoms with E-state index in [1.807, 2.05) is 6.08 Å². The van der Waals surface area contributed by atoms with Crippen molar-refractivity contribution in [1.29, 1.82) is 0 Å². The summed E-state index contributed by atoms with van der Waals surface area (Å²) >= 11 is 0. The first-order chi connectivity index (χ1) is 26.5. The second kappa shape index (κ2) is 15.5. The monoisotopic (exact) mass is 766 g/mol. The Morgan fingerprint density at radius 1 is 0.709 bits per heavy atom. The number of rotatable bonds is 2. The fourth-order valence-corrected chi connectivity index (χ4v) is 11.9. The van der Waals surface area contributed by atoms with Crippen LogP contribution >= 0.6 is 0 Å². The van der Waals surface area contributed by atoms with Gasteiger partial charge in [-0.25, -0.2) is 4.79 Å². The average molecular weight is 767 g/mol. The second-order valence-corrected chi connectivity index (χ2v) is 18.9. The molecule has 0 saturated carbocycles. The van der Waals surface area contributed by atoms with Gasteiger partial charge in [0.1, 0.15) is 24.4 Å². The Bertz CT molecular complexity index is 1480. The highest BCUT2D eigenvalue weighted by molar-refractivity contribution is 5.82. The first kappa shape index (κ1) is 38.9. The fraction of sp³-hybridized carbons (Fsp3) is 0.844. The molecule has 10 aliphatic rings. The summed E-state index contributed by atoms with van der Waals surface area (Å²) in [5.74, 6) is -0.261. The maximum Gasteiger partial charge on any atom is 0.330 e. The third kappa shape index (κ3) is 7.36. The van der Waals surface area contributed by atoms with E-state index in [4.69, 9.17) is 42.6 Å². The normalized spacial score (nSPS) is 53.3. The summed E-state index contributed by atoms with van der Waals surface area (Å²) in [5.41, 5.74) is 2.26. The highest BCUT2D eigenvalue weighted by Gasteiger charge is 2.67. The molecule has 0 aromatic rings. The first-order valence-corrected chi connectivity index (χ1v) is 22.0. The molecule has 10 rings (SSSR count).